The van der Waals surface area contributed by atoms with Crippen LogP contribution in [0, 0.1) is 0 Å². The van der Waals surface area contributed by atoms with Crippen molar-refractivity contribution in [1.29, 1.82) is 0 Å². The van der Waals surface area contributed by atoms with Crippen molar-refractivity contribution in [2.75, 3.05) is 7.11 Å². The van der Waals surface area contributed by atoms with Crippen LogP contribution >= 0.6 is 27.3 Å². The van der Waals surface area contributed by atoms with E-state index >= 15 is 0 Å². The van der Waals surface area contributed by atoms with Crippen LogP contribution in [-0.2, 0) is 0 Å². The summed E-state index contributed by atoms with van der Waals surface area (Å²) in [5, 5.41) is 5.83. The van der Waals surface area contributed by atoms with Crippen molar-refractivity contribution < 1.29 is 4.74 Å². The van der Waals surface area contributed by atoms with Gasteiger partial charge in [-0.1, -0.05) is 19.1 Å². The second-order valence-corrected chi connectivity index (χ2v) is 6.65. The van der Waals surface area contributed by atoms with E-state index in [1.807, 2.05) is 12.1 Å². The topological polar surface area (TPSA) is 21.3 Å². The van der Waals surface area contributed by atoms with Gasteiger partial charge in [-0.15, -0.1) is 11.3 Å². The molecule has 1 aromatic carbocycles. The summed E-state index contributed by atoms with van der Waals surface area (Å²) in [4.78, 5) is 1.35. The van der Waals surface area contributed by atoms with Crippen molar-refractivity contribution in [3.05, 3.63) is 50.6 Å². The molecule has 0 aliphatic heterocycles. The van der Waals surface area contributed by atoms with Gasteiger partial charge in [-0.05, 0) is 53.0 Å². The predicted molar refractivity (Wildman–Crippen MR) is 89.6 cm³/mol. The minimum atomic E-state index is 0.346. The monoisotopic (exact) mass is 353 g/mol. The van der Waals surface area contributed by atoms with Gasteiger partial charge in [0.1, 0.15) is 5.75 Å². The standard InChI is InChI=1S/C16H20BrNOS/c1-4-15(12-5-7-14(19-3)8-6-12)18-11(2)16-9-13(17)10-20-16/h5-11,15,18H,4H2,1-3H3. The maximum absolute atomic E-state index is 5.21. The molecule has 1 N–H and O–H groups in total. The molecule has 1 heterocycles. The van der Waals surface area contributed by atoms with E-state index in [4.69, 9.17) is 4.74 Å². The lowest BCUT2D eigenvalue weighted by molar-refractivity contribution is 0.413. The molecular formula is C16H20BrNOS. The van der Waals surface area contributed by atoms with E-state index in [0.717, 1.165) is 16.6 Å². The largest absolute Gasteiger partial charge is 0.497 e. The zero-order chi connectivity index (χ0) is 14.5. The maximum atomic E-state index is 5.21. The molecular weight excluding hydrogens is 334 g/mol. The van der Waals surface area contributed by atoms with E-state index in [2.05, 4.69) is 58.7 Å². The number of ether oxygens (including phenoxy) is 1. The average molecular weight is 354 g/mol. The van der Waals surface area contributed by atoms with E-state index in [-0.39, 0.29) is 0 Å². The van der Waals surface area contributed by atoms with Crippen LogP contribution in [0.3, 0.4) is 0 Å². The molecule has 0 saturated carbocycles. The fraction of sp³-hybridized carbons (Fsp3) is 0.375. The van der Waals surface area contributed by atoms with E-state index in [1.54, 1.807) is 18.4 Å². The summed E-state index contributed by atoms with van der Waals surface area (Å²) in [6.45, 7) is 4.42. The lowest BCUT2D eigenvalue weighted by Gasteiger charge is -2.22. The van der Waals surface area contributed by atoms with Gasteiger partial charge in [0, 0.05) is 26.8 Å². The van der Waals surface area contributed by atoms with Gasteiger partial charge in [0.2, 0.25) is 0 Å². The molecule has 2 rings (SSSR count). The Morgan fingerprint density at radius 1 is 1.30 bits per heavy atom. The molecule has 0 amide bonds. The molecule has 2 nitrogen and oxygen atoms in total. The third kappa shape index (κ3) is 3.84. The summed E-state index contributed by atoms with van der Waals surface area (Å²) in [7, 11) is 1.70. The van der Waals surface area contributed by atoms with E-state index < -0.39 is 0 Å². The summed E-state index contributed by atoms with van der Waals surface area (Å²) in [5.74, 6) is 0.902. The van der Waals surface area contributed by atoms with Crippen molar-refractivity contribution in [3.8, 4) is 5.75 Å². The van der Waals surface area contributed by atoms with Gasteiger partial charge in [0.15, 0.2) is 0 Å². The zero-order valence-electron chi connectivity index (χ0n) is 12.0. The second-order valence-electron chi connectivity index (χ2n) is 4.79. The van der Waals surface area contributed by atoms with Crippen molar-refractivity contribution in [2.24, 2.45) is 0 Å². The normalized spacial score (nSPS) is 14.0. The summed E-state index contributed by atoms with van der Waals surface area (Å²) in [6, 6.07) is 11.2. The van der Waals surface area contributed by atoms with Crippen LogP contribution in [0.25, 0.3) is 0 Å². The molecule has 2 atom stereocenters. The predicted octanol–water partition coefficient (Wildman–Crippen LogP) is 5.32. The van der Waals surface area contributed by atoms with Gasteiger partial charge < -0.3 is 10.1 Å². The third-order valence-corrected chi connectivity index (χ3v) is 5.27. The molecule has 1 aromatic heterocycles. The SMILES string of the molecule is CCC(NC(C)c1cc(Br)cs1)c1ccc(OC)cc1. The Bertz CT molecular complexity index is 538. The van der Waals surface area contributed by atoms with Gasteiger partial charge in [-0.3, -0.25) is 0 Å². The minimum Gasteiger partial charge on any atom is -0.497 e. The molecule has 0 fully saturated rings. The fourth-order valence-corrected chi connectivity index (χ4v) is 3.69. The lowest BCUT2D eigenvalue weighted by atomic mass is 10.0. The van der Waals surface area contributed by atoms with Crippen LogP contribution in [0.4, 0.5) is 0 Å². The Morgan fingerprint density at radius 3 is 2.50 bits per heavy atom. The van der Waals surface area contributed by atoms with E-state index in [9.17, 15) is 0 Å². The van der Waals surface area contributed by atoms with Gasteiger partial charge in [-0.2, -0.15) is 0 Å². The van der Waals surface area contributed by atoms with Gasteiger partial charge in [-0.25, -0.2) is 0 Å². The molecule has 108 valence electrons. The first-order valence-corrected chi connectivity index (χ1v) is 8.45. The summed E-state index contributed by atoms with van der Waals surface area (Å²) < 4.78 is 6.37. The number of halogens is 1. The van der Waals surface area contributed by atoms with Gasteiger partial charge in [0.25, 0.3) is 0 Å². The molecule has 20 heavy (non-hydrogen) atoms. The minimum absolute atomic E-state index is 0.346. The van der Waals surface area contributed by atoms with Crippen molar-refractivity contribution in [3.63, 3.8) is 0 Å². The average Bonchev–Trinajstić information content (AvgIpc) is 2.91. The molecule has 0 aliphatic rings. The summed E-state index contributed by atoms with van der Waals surface area (Å²) >= 11 is 5.30. The lowest BCUT2D eigenvalue weighted by Crippen LogP contribution is -2.23. The Labute approximate surface area is 133 Å². The molecule has 0 bridgehead atoms. The molecule has 2 aromatic rings. The van der Waals surface area contributed by atoms with Crippen molar-refractivity contribution in [2.45, 2.75) is 32.4 Å². The van der Waals surface area contributed by atoms with Crippen LogP contribution in [0.2, 0.25) is 0 Å². The van der Waals surface area contributed by atoms with E-state index in [1.165, 1.54) is 10.4 Å². The first-order chi connectivity index (χ1) is 9.63. The Kier molecular flexibility index (Phi) is 5.64. The quantitative estimate of drug-likeness (QED) is 0.758. The van der Waals surface area contributed by atoms with Gasteiger partial charge in [0.05, 0.1) is 7.11 Å². The fourth-order valence-electron chi connectivity index (χ4n) is 2.23. The molecule has 0 radical (unpaired) electrons. The number of thiophene rings is 1. The second kappa shape index (κ2) is 7.25. The smallest absolute Gasteiger partial charge is 0.118 e. The Morgan fingerprint density at radius 2 is 2.00 bits per heavy atom. The Balaban J connectivity index is 2.07. The number of rotatable bonds is 6. The van der Waals surface area contributed by atoms with Crippen molar-refractivity contribution >= 4 is 27.3 Å². The first kappa shape index (κ1) is 15.5. The third-order valence-electron chi connectivity index (χ3n) is 3.39. The number of benzene rings is 1. The summed E-state index contributed by atoms with van der Waals surface area (Å²) in [5.41, 5.74) is 1.30. The van der Waals surface area contributed by atoms with E-state index in [0.29, 0.717) is 12.1 Å². The summed E-state index contributed by atoms with van der Waals surface area (Å²) in [6.07, 6.45) is 1.06. The highest BCUT2D eigenvalue weighted by Crippen LogP contribution is 2.28. The molecule has 4 heteroatoms. The maximum Gasteiger partial charge on any atom is 0.118 e. The number of hydrogen-bond acceptors (Lipinski definition) is 3. The highest BCUT2D eigenvalue weighted by Gasteiger charge is 2.15. The molecule has 0 spiro atoms. The zero-order valence-corrected chi connectivity index (χ0v) is 14.4. The molecule has 0 aliphatic carbocycles. The number of nitrogens with one attached hydrogen (secondary N) is 1. The van der Waals surface area contributed by atoms with Crippen molar-refractivity contribution in [1.82, 2.24) is 5.32 Å². The number of methoxy groups -OCH3 is 1. The highest BCUT2D eigenvalue weighted by atomic mass is 79.9. The van der Waals surface area contributed by atoms with Crippen LogP contribution in [-0.4, -0.2) is 7.11 Å². The highest BCUT2D eigenvalue weighted by molar-refractivity contribution is 9.10. The molecule has 0 saturated heterocycles. The van der Waals surface area contributed by atoms with Crippen LogP contribution in [0.15, 0.2) is 40.2 Å². The first-order valence-electron chi connectivity index (χ1n) is 6.78. The Hall–Kier alpha value is -0.840. The van der Waals surface area contributed by atoms with Gasteiger partial charge >= 0.3 is 0 Å². The van der Waals surface area contributed by atoms with Crippen LogP contribution < -0.4 is 10.1 Å². The van der Waals surface area contributed by atoms with Crippen LogP contribution in [0.5, 0.6) is 5.75 Å². The number of hydrogen-bond donors (Lipinski definition) is 1. The van der Waals surface area contributed by atoms with Crippen LogP contribution in [0.1, 0.15) is 42.8 Å². The molecule has 2 unspecified atom stereocenters.